The van der Waals surface area contributed by atoms with Crippen LogP contribution >= 0.6 is 0 Å². The Labute approximate surface area is 114 Å². The Kier molecular flexibility index (Phi) is 4.54. The molecule has 1 aromatic heterocycles. The van der Waals surface area contributed by atoms with Gasteiger partial charge in [-0.3, -0.25) is 4.90 Å². The highest BCUT2D eigenvalue weighted by Gasteiger charge is 2.22. The minimum atomic E-state index is -3.10. The first-order valence-corrected chi connectivity index (χ1v) is 8.43. The summed E-state index contributed by atoms with van der Waals surface area (Å²) in [5.74, 6) is 0.969. The topological polar surface area (TPSA) is 80.1 Å². The number of hydrogen-bond donors (Lipinski definition) is 1. The minimum Gasteiger partial charge on any atom is -0.296 e. The molecule has 0 aliphatic carbocycles. The highest BCUT2D eigenvalue weighted by atomic mass is 32.2. The second-order valence-electron chi connectivity index (χ2n) is 4.93. The molecule has 1 saturated heterocycles. The van der Waals surface area contributed by atoms with Crippen molar-refractivity contribution in [1.29, 1.82) is 0 Å². The molecular weight excluding hydrogens is 266 g/mol. The molecule has 0 aromatic carbocycles. The molecular formula is C11H21N5O2S. The molecule has 0 bridgehead atoms. The van der Waals surface area contributed by atoms with Gasteiger partial charge in [0, 0.05) is 25.7 Å². The van der Waals surface area contributed by atoms with E-state index in [2.05, 4.69) is 19.7 Å². The summed E-state index contributed by atoms with van der Waals surface area (Å²) in [4.78, 5) is 6.55. The molecule has 8 heteroatoms. The second kappa shape index (κ2) is 5.98. The first kappa shape index (κ1) is 14.4. The van der Waals surface area contributed by atoms with Crippen LogP contribution in [0.4, 0.5) is 0 Å². The van der Waals surface area contributed by atoms with E-state index >= 15 is 0 Å². The van der Waals surface area contributed by atoms with E-state index in [0.29, 0.717) is 0 Å². The van der Waals surface area contributed by atoms with Crippen molar-refractivity contribution in [2.75, 3.05) is 19.3 Å². The number of piperidine rings is 1. The molecule has 1 aliphatic rings. The van der Waals surface area contributed by atoms with Crippen LogP contribution in [0.3, 0.4) is 0 Å². The molecule has 19 heavy (non-hydrogen) atoms. The molecule has 7 nitrogen and oxygen atoms in total. The summed E-state index contributed by atoms with van der Waals surface area (Å²) in [6, 6.07) is 0.0651. The lowest BCUT2D eigenvalue weighted by molar-refractivity contribution is 0.193. The summed E-state index contributed by atoms with van der Waals surface area (Å²) in [5.41, 5.74) is 0. The largest absolute Gasteiger partial charge is 0.296 e. The normalized spacial score (nSPS) is 18.8. The van der Waals surface area contributed by atoms with Crippen LogP contribution in [0.2, 0.25) is 0 Å². The summed E-state index contributed by atoms with van der Waals surface area (Å²) in [6.07, 6.45) is 4.47. The van der Waals surface area contributed by atoms with Gasteiger partial charge >= 0.3 is 0 Å². The number of hydrogen-bond acceptors (Lipinski definition) is 5. The summed E-state index contributed by atoms with van der Waals surface area (Å²) in [5, 5.41) is 4.15. The Morgan fingerprint density at radius 3 is 2.68 bits per heavy atom. The number of likely N-dealkylation sites (tertiary alicyclic amines) is 1. The first-order chi connectivity index (χ1) is 8.98. The predicted molar refractivity (Wildman–Crippen MR) is 72.0 cm³/mol. The van der Waals surface area contributed by atoms with Gasteiger partial charge in [-0.2, -0.15) is 5.10 Å². The van der Waals surface area contributed by atoms with Crippen molar-refractivity contribution in [3.05, 3.63) is 12.2 Å². The second-order valence-corrected chi connectivity index (χ2v) is 6.71. The van der Waals surface area contributed by atoms with Crippen LogP contribution in [0.25, 0.3) is 0 Å². The van der Waals surface area contributed by atoms with Gasteiger partial charge in [0.15, 0.2) is 0 Å². The van der Waals surface area contributed by atoms with Gasteiger partial charge in [0.2, 0.25) is 10.0 Å². The maximum Gasteiger partial charge on any atom is 0.208 e. The molecule has 0 amide bonds. The number of nitrogens with one attached hydrogen (secondary N) is 1. The van der Waals surface area contributed by atoms with Crippen molar-refractivity contribution in [2.24, 2.45) is 0 Å². The molecule has 2 rings (SSSR count). The van der Waals surface area contributed by atoms with Crippen LogP contribution in [-0.2, 0) is 23.1 Å². The maximum absolute atomic E-state index is 11.2. The van der Waals surface area contributed by atoms with Crippen molar-refractivity contribution in [1.82, 2.24) is 24.4 Å². The molecule has 0 unspecified atom stereocenters. The lowest BCUT2D eigenvalue weighted by Crippen LogP contribution is -2.44. The summed E-state index contributed by atoms with van der Waals surface area (Å²) in [6.45, 7) is 5.40. The average Bonchev–Trinajstić information content (AvgIpc) is 2.77. The molecule has 1 aliphatic heterocycles. The number of aryl methyl sites for hydroxylation is 1. The fourth-order valence-corrected chi connectivity index (χ4v) is 3.23. The van der Waals surface area contributed by atoms with Crippen LogP contribution in [0.5, 0.6) is 0 Å². The molecule has 0 saturated carbocycles. The summed E-state index contributed by atoms with van der Waals surface area (Å²) in [7, 11) is -3.10. The van der Waals surface area contributed by atoms with E-state index in [1.807, 2.05) is 11.6 Å². The molecule has 1 fully saturated rings. The van der Waals surface area contributed by atoms with Gasteiger partial charge in [-0.1, -0.05) is 0 Å². The fraction of sp³-hybridized carbons (Fsp3) is 0.818. The van der Waals surface area contributed by atoms with Gasteiger partial charge in [0.1, 0.15) is 12.2 Å². The highest BCUT2D eigenvalue weighted by molar-refractivity contribution is 7.88. The number of nitrogens with zero attached hydrogens (tertiary/aromatic N) is 4. The molecule has 0 spiro atoms. The van der Waals surface area contributed by atoms with Gasteiger partial charge in [0.05, 0.1) is 12.8 Å². The highest BCUT2D eigenvalue weighted by Crippen LogP contribution is 2.13. The lowest BCUT2D eigenvalue weighted by atomic mass is 10.1. The number of rotatable bonds is 5. The van der Waals surface area contributed by atoms with Gasteiger partial charge in [-0.05, 0) is 19.8 Å². The van der Waals surface area contributed by atoms with E-state index in [1.54, 1.807) is 6.33 Å². The van der Waals surface area contributed by atoms with E-state index in [9.17, 15) is 8.42 Å². The Bertz CT molecular complexity index is 505. The zero-order valence-corrected chi connectivity index (χ0v) is 12.2. The maximum atomic E-state index is 11.2. The van der Waals surface area contributed by atoms with Crippen molar-refractivity contribution in [3.63, 3.8) is 0 Å². The van der Waals surface area contributed by atoms with E-state index in [0.717, 1.165) is 44.8 Å². The molecule has 2 heterocycles. The van der Waals surface area contributed by atoms with Crippen molar-refractivity contribution in [2.45, 2.75) is 38.9 Å². The van der Waals surface area contributed by atoms with Crippen molar-refractivity contribution < 1.29 is 8.42 Å². The number of aromatic nitrogens is 3. The van der Waals surface area contributed by atoms with Gasteiger partial charge < -0.3 is 0 Å². The zero-order valence-electron chi connectivity index (χ0n) is 11.4. The molecule has 1 N–H and O–H groups in total. The Morgan fingerprint density at radius 2 is 2.11 bits per heavy atom. The van der Waals surface area contributed by atoms with Gasteiger partial charge in [0.25, 0.3) is 0 Å². The fourth-order valence-electron chi connectivity index (χ4n) is 2.39. The van der Waals surface area contributed by atoms with Crippen molar-refractivity contribution >= 4 is 10.0 Å². The monoisotopic (exact) mass is 287 g/mol. The van der Waals surface area contributed by atoms with Crippen molar-refractivity contribution in [3.8, 4) is 0 Å². The van der Waals surface area contributed by atoms with Crippen LogP contribution < -0.4 is 4.72 Å². The van der Waals surface area contributed by atoms with E-state index < -0.39 is 10.0 Å². The molecule has 1 aromatic rings. The third-order valence-corrected chi connectivity index (χ3v) is 4.09. The SMILES string of the molecule is CCn1ncnc1CN1CCC(NS(C)(=O)=O)CC1. The van der Waals surface area contributed by atoms with E-state index in [-0.39, 0.29) is 6.04 Å². The molecule has 0 radical (unpaired) electrons. The van der Waals surface area contributed by atoms with E-state index in [4.69, 9.17) is 0 Å². The first-order valence-electron chi connectivity index (χ1n) is 6.54. The summed E-state index contributed by atoms with van der Waals surface area (Å²) >= 11 is 0. The van der Waals surface area contributed by atoms with Crippen LogP contribution in [-0.4, -0.2) is 53.5 Å². The van der Waals surface area contributed by atoms with Crippen LogP contribution in [0.1, 0.15) is 25.6 Å². The smallest absolute Gasteiger partial charge is 0.208 e. The summed E-state index contributed by atoms with van der Waals surface area (Å²) < 4.78 is 26.9. The molecule has 0 atom stereocenters. The van der Waals surface area contributed by atoms with Crippen LogP contribution in [0, 0.1) is 0 Å². The quantitative estimate of drug-likeness (QED) is 0.812. The minimum absolute atomic E-state index is 0.0651. The standard InChI is InChI=1S/C11H21N5O2S/c1-3-16-11(12-9-13-16)8-15-6-4-10(5-7-15)14-19(2,17)18/h9-10,14H,3-8H2,1-2H3. The predicted octanol–water partition coefficient (Wildman–Crippen LogP) is -0.188. The average molecular weight is 287 g/mol. The number of sulfonamides is 1. The Hall–Kier alpha value is -0.990. The zero-order chi connectivity index (χ0) is 13.9. The Balaban J connectivity index is 1.84. The third kappa shape index (κ3) is 4.26. The Morgan fingerprint density at radius 1 is 1.42 bits per heavy atom. The van der Waals surface area contributed by atoms with Gasteiger partial charge in [-0.25, -0.2) is 22.8 Å². The van der Waals surface area contributed by atoms with Gasteiger partial charge in [-0.15, -0.1) is 0 Å². The third-order valence-electron chi connectivity index (χ3n) is 3.33. The van der Waals surface area contributed by atoms with E-state index in [1.165, 1.54) is 6.26 Å². The van der Waals surface area contributed by atoms with Crippen LogP contribution in [0.15, 0.2) is 6.33 Å². The lowest BCUT2D eigenvalue weighted by Gasteiger charge is -2.31. The molecule has 108 valence electrons.